The van der Waals surface area contributed by atoms with Crippen LogP contribution in [0.4, 0.5) is 0 Å². The zero-order valence-corrected chi connectivity index (χ0v) is 11.5. The molecule has 2 unspecified atom stereocenters. The van der Waals surface area contributed by atoms with Crippen molar-refractivity contribution in [1.82, 2.24) is 5.32 Å². The van der Waals surface area contributed by atoms with Gasteiger partial charge in [-0.2, -0.15) is 0 Å². The van der Waals surface area contributed by atoms with Crippen molar-refractivity contribution in [1.29, 1.82) is 0 Å². The monoisotopic (exact) mass is 249 g/mol. The van der Waals surface area contributed by atoms with E-state index >= 15 is 0 Å². The zero-order chi connectivity index (χ0) is 13.0. The molecular weight excluding hydrogens is 226 g/mol. The predicted molar refractivity (Wildman–Crippen MR) is 73.4 cm³/mol. The third kappa shape index (κ3) is 2.78. The maximum Gasteiger partial charge on any atom is 0.166 e. The number of fused-ring (bicyclic) bond motifs is 1. The smallest absolute Gasteiger partial charge is 0.166 e. The van der Waals surface area contributed by atoms with Crippen LogP contribution in [0.25, 0.3) is 0 Å². The summed E-state index contributed by atoms with van der Waals surface area (Å²) in [6, 6.07) is 6.55. The molecule has 2 atom stereocenters. The van der Waals surface area contributed by atoms with Gasteiger partial charge in [0.25, 0.3) is 0 Å². The molecule has 0 saturated carbocycles. The minimum atomic E-state index is 0.230. The summed E-state index contributed by atoms with van der Waals surface area (Å²) in [6.07, 6.45) is 2.25. The third-order valence-corrected chi connectivity index (χ3v) is 3.18. The van der Waals surface area contributed by atoms with Gasteiger partial charge in [-0.05, 0) is 26.0 Å². The Hall–Kier alpha value is -1.22. The first-order valence-electron chi connectivity index (χ1n) is 6.92. The first-order chi connectivity index (χ1) is 8.76. The van der Waals surface area contributed by atoms with Crippen molar-refractivity contribution in [3.63, 3.8) is 0 Å². The normalized spacial score (nSPS) is 22.2. The fraction of sp³-hybridized carbons (Fsp3) is 0.600. The number of benzene rings is 1. The van der Waals surface area contributed by atoms with Gasteiger partial charge in [0, 0.05) is 18.0 Å². The summed E-state index contributed by atoms with van der Waals surface area (Å²) in [4.78, 5) is 0. The van der Waals surface area contributed by atoms with Crippen LogP contribution in [0.1, 0.15) is 45.2 Å². The summed E-state index contributed by atoms with van der Waals surface area (Å²) in [5.41, 5.74) is 1.23. The van der Waals surface area contributed by atoms with E-state index in [1.165, 1.54) is 5.56 Å². The van der Waals surface area contributed by atoms with E-state index in [9.17, 15) is 0 Å². The average Bonchev–Trinajstić information content (AvgIpc) is 2.36. The second kappa shape index (κ2) is 6.10. The molecule has 0 aliphatic carbocycles. The lowest BCUT2D eigenvalue weighted by Gasteiger charge is -2.32. The van der Waals surface area contributed by atoms with Gasteiger partial charge < -0.3 is 14.8 Å². The van der Waals surface area contributed by atoms with Crippen molar-refractivity contribution in [3.05, 3.63) is 23.8 Å². The zero-order valence-electron chi connectivity index (χ0n) is 11.5. The Morgan fingerprint density at radius 2 is 2.22 bits per heavy atom. The molecule has 0 saturated heterocycles. The van der Waals surface area contributed by atoms with Crippen LogP contribution < -0.4 is 14.8 Å². The maximum absolute atomic E-state index is 5.97. The molecule has 1 aliphatic rings. The largest absolute Gasteiger partial charge is 0.490 e. The van der Waals surface area contributed by atoms with Crippen molar-refractivity contribution in [3.8, 4) is 11.5 Å². The Bertz CT molecular complexity index is 392. The first-order valence-corrected chi connectivity index (χ1v) is 6.92. The summed E-state index contributed by atoms with van der Waals surface area (Å²) in [6.45, 7) is 8.07. The van der Waals surface area contributed by atoms with Crippen LogP contribution in [-0.2, 0) is 0 Å². The minimum absolute atomic E-state index is 0.230. The molecule has 100 valence electrons. The molecule has 2 rings (SSSR count). The Labute approximate surface area is 109 Å². The van der Waals surface area contributed by atoms with Crippen molar-refractivity contribution in [2.45, 2.75) is 45.8 Å². The van der Waals surface area contributed by atoms with E-state index < -0.39 is 0 Å². The third-order valence-electron chi connectivity index (χ3n) is 3.18. The molecule has 1 aromatic rings. The molecule has 0 bridgehead atoms. The number of para-hydroxylation sites is 1. The quantitative estimate of drug-likeness (QED) is 0.868. The second-order valence-corrected chi connectivity index (χ2v) is 4.80. The van der Waals surface area contributed by atoms with E-state index in [4.69, 9.17) is 9.47 Å². The van der Waals surface area contributed by atoms with Gasteiger partial charge in [0.1, 0.15) is 0 Å². The lowest BCUT2D eigenvalue weighted by molar-refractivity contribution is 0.156. The highest BCUT2D eigenvalue weighted by molar-refractivity contribution is 5.49. The second-order valence-electron chi connectivity index (χ2n) is 4.80. The average molecular weight is 249 g/mol. The molecule has 1 aliphatic heterocycles. The first kappa shape index (κ1) is 13.2. The van der Waals surface area contributed by atoms with Crippen LogP contribution in [0, 0.1) is 0 Å². The van der Waals surface area contributed by atoms with Crippen LogP contribution in [0.3, 0.4) is 0 Å². The van der Waals surface area contributed by atoms with Gasteiger partial charge in [-0.25, -0.2) is 0 Å². The Morgan fingerprint density at radius 3 is 2.94 bits per heavy atom. The summed E-state index contributed by atoms with van der Waals surface area (Å²) in [7, 11) is 0. The molecule has 0 radical (unpaired) electrons. The molecule has 1 heterocycles. The van der Waals surface area contributed by atoms with Crippen LogP contribution in [-0.4, -0.2) is 19.3 Å². The molecule has 0 spiro atoms. The summed E-state index contributed by atoms with van der Waals surface area (Å²) in [5.74, 6) is 1.81. The van der Waals surface area contributed by atoms with E-state index in [0.29, 0.717) is 6.04 Å². The molecule has 3 nitrogen and oxygen atoms in total. The molecule has 1 N–H and O–H groups in total. The van der Waals surface area contributed by atoms with E-state index in [1.54, 1.807) is 0 Å². The van der Waals surface area contributed by atoms with Gasteiger partial charge >= 0.3 is 0 Å². The number of hydrogen-bond donors (Lipinski definition) is 1. The summed E-state index contributed by atoms with van der Waals surface area (Å²) >= 11 is 0. The van der Waals surface area contributed by atoms with Crippen LogP contribution in [0.5, 0.6) is 11.5 Å². The standard InChI is InChI=1S/C15H23NO2/c1-4-9-17-14-8-6-7-12-13(16-5-2)10-11(3)18-15(12)14/h6-8,11,13,16H,4-5,9-10H2,1-3H3. The molecule has 0 amide bonds. The van der Waals surface area contributed by atoms with Crippen LogP contribution in [0.15, 0.2) is 18.2 Å². The summed E-state index contributed by atoms with van der Waals surface area (Å²) < 4.78 is 11.7. The fourth-order valence-electron chi connectivity index (χ4n) is 2.41. The van der Waals surface area contributed by atoms with Crippen molar-refractivity contribution < 1.29 is 9.47 Å². The molecule has 18 heavy (non-hydrogen) atoms. The molecule has 1 aromatic carbocycles. The van der Waals surface area contributed by atoms with Crippen molar-refractivity contribution in [2.24, 2.45) is 0 Å². The number of rotatable bonds is 5. The predicted octanol–water partition coefficient (Wildman–Crippen LogP) is 3.30. The van der Waals surface area contributed by atoms with Gasteiger partial charge in [0.15, 0.2) is 11.5 Å². The SMILES string of the molecule is CCCOc1cccc2c1OC(C)CC2NCC. The van der Waals surface area contributed by atoms with E-state index in [0.717, 1.165) is 37.5 Å². The van der Waals surface area contributed by atoms with E-state index in [-0.39, 0.29) is 6.10 Å². The minimum Gasteiger partial charge on any atom is -0.490 e. The van der Waals surface area contributed by atoms with Crippen molar-refractivity contribution in [2.75, 3.05) is 13.2 Å². The topological polar surface area (TPSA) is 30.5 Å². The Kier molecular flexibility index (Phi) is 4.48. The van der Waals surface area contributed by atoms with Crippen LogP contribution >= 0.6 is 0 Å². The molecule has 0 aromatic heterocycles. The highest BCUT2D eigenvalue weighted by Crippen LogP contribution is 2.41. The molecular formula is C15H23NO2. The highest BCUT2D eigenvalue weighted by atomic mass is 16.5. The van der Waals surface area contributed by atoms with E-state index in [1.807, 2.05) is 12.1 Å². The number of nitrogens with one attached hydrogen (secondary N) is 1. The van der Waals surface area contributed by atoms with Gasteiger partial charge in [0.2, 0.25) is 0 Å². The van der Waals surface area contributed by atoms with Gasteiger partial charge in [-0.15, -0.1) is 0 Å². The lowest BCUT2D eigenvalue weighted by Crippen LogP contribution is -2.31. The van der Waals surface area contributed by atoms with E-state index in [2.05, 4.69) is 32.2 Å². The maximum atomic E-state index is 5.97. The van der Waals surface area contributed by atoms with Gasteiger partial charge in [-0.1, -0.05) is 26.0 Å². The highest BCUT2D eigenvalue weighted by Gasteiger charge is 2.27. The van der Waals surface area contributed by atoms with Crippen LogP contribution in [0.2, 0.25) is 0 Å². The Morgan fingerprint density at radius 1 is 1.39 bits per heavy atom. The fourth-order valence-corrected chi connectivity index (χ4v) is 2.41. The van der Waals surface area contributed by atoms with Gasteiger partial charge in [-0.3, -0.25) is 0 Å². The van der Waals surface area contributed by atoms with Gasteiger partial charge in [0.05, 0.1) is 12.7 Å². The molecule has 0 fully saturated rings. The lowest BCUT2D eigenvalue weighted by atomic mass is 9.96. The number of hydrogen-bond acceptors (Lipinski definition) is 3. The Balaban J connectivity index is 2.28. The summed E-state index contributed by atoms with van der Waals surface area (Å²) in [5, 5.41) is 3.52. The molecule has 3 heteroatoms. The van der Waals surface area contributed by atoms with Crippen molar-refractivity contribution >= 4 is 0 Å². The number of ether oxygens (including phenoxy) is 2.